The molecule has 0 aliphatic carbocycles. The van der Waals surface area contributed by atoms with Gasteiger partial charge in [-0.15, -0.1) is 0 Å². The molecule has 0 bridgehead atoms. The summed E-state index contributed by atoms with van der Waals surface area (Å²) < 4.78 is 0. The molecule has 0 unspecified atom stereocenters. The van der Waals surface area contributed by atoms with Gasteiger partial charge in [-0.2, -0.15) is 0 Å². The fourth-order valence-corrected chi connectivity index (χ4v) is 1.86. The molecule has 1 amide bonds. The highest BCUT2D eigenvalue weighted by atomic mass is 16.2. The summed E-state index contributed by atoms with van der Waals surface area (Å²) in [4.78, 5) is 24.2. The lowest BCUT2D eigenvalue weighted by molar-refractivity contribution is -0.133. The average molecular weight is 218 g/mol. The smallest absolute Gasteiger partial charge is 0.291 e. The Morgan fingerprint density at radius 2 is 1.94 bits per heavy atom. The molecule has 4 nitrogen and oxygen atoms in total. The van der Waals surface area contributed by atoms with Crippen molar-refractivity contribution in [2.45, 2.75) is 20.0 Å². The SMILES string of the molecule is CC(=O)C(=O)Nc1ccc2c(c1)CN(C)C2. The summed E-state index contributed by atoms with van der Waals surface area (Å²) in [5, 5.41) is 2.58. The molecule has 2 rings (SSSR count). The minimum Gasteiger partial charge on any atom is -0.319 e. The van der Waals surface area contributed by atoms with Crippen LogP contribution in [-0.2, 0) is 22.7 Å². The zero-order chi connectivity index (χ0) is 11.7. The van der Waals surface area contributed by atoms with E-state index in [1.165, 1.54) is 18.1 Å². The number of nitrogens with one attached hydrogen (secondary N) is 1. The van der Waals surface area contributed by atoms with E-state index in [1.54, 1.807) is 0 Å². The van der Waals surface area contributed by atoms with Gasteiger partial charge in [0.1, 0.15) is 0 Å². The molecule has 84 valence electrons. The van der Waals surface area contributed by atoms with Crippen molar-refractivity contribution in [3.63, 3.8) is 0 Å². The quantitative estimate of drug-likeness (QED) is 0.758. The maximum Gasteiger partial charge on any atom is 0.291 e. The van der Waals surface area contributed by atoms with Gasteiger partial charge in [0.15, 0.2) is 0 Å². The molecular weight excluding hydrogens is 204 g/mol. The lowest BCUT2D eigenvalue weighted by atomic mass is 10.1. The summed E-state index contributed by atoms with van der Waals surface area (Å²) in [5.74, 6) is -1.04. The summed E-state index contributed by atoms with van der Waals surface area (Å²) in [6, 6.07) is 5.76. The van der Waals surface area contributed by atoms with Crippen LogP contribution in [0.25, 0.3) is 0 Å². The summed E-state index contributed by atoms with van der Waals surface area (Å²) in [6.07, 6.45) is 0. The van der Waals surface area contributed by atoms with Crippen LogP contribution in [-0.4, -0.2) is 23.6 Å². The van der Waals surface area contributed by atoms with Crippen LogP contribution in [0, 0.1) is 0 Å². The lowest BCUT2D eigenvalue weighted by Crippen LogP contribution is -2.19. The standard InChI is InChI=1S/C12H14N2O2/c1-8(15)12(16)13-11-4-3-9-6-14(2)7-10(9)5-11/h3-5H,6-7H2,1-2H3,(H,13,16). The average Bonchev–Trinajstić information content (AvgIpc) is 2.57. The van der Waals surface area contributed by atoms with E-state index in [4.69, 9.17) is 0 Å². The van der Waals surface area contributed by atoms with Crippen LogP contribution in [0.5, 0.6) is 0 Å². The van der Waals surface area contributed by atoms with Crippen molar-refractivity contribution in [3.8, 4) is 0 Å². The first-order chi connectivity index (χ1) is 7.56. The van der Waals surface area contributed by atoms with E-state index in [-0.39, 0.29) is 0 Å². The van der Waals surface area contributed by atoms with Gasteiger partial charge in [-0.05, 0) is 30.3 Å². The highest BCUT2D eigenvalue weighted by Gasteiger charge is 2.16. The number of fused-ring (bicyclic) bond motifs is 1. The van der Waals surface area contributed by atoms with Crippen LogP contribution in [0.1, 0.15) is 18.1 Å². The van der Waals surface area contributed by atoms with E-state index in [0.717, 1.165) is 13.1 Å². The Balaban J connectivity index is 2.17. The third-order valence-corrected chi connectivity index (χ3v) is 2.66. The van der Waals surface area contributed by atoms with E-state index in [2.05, 4.69) is 10.2 Å². The normalized spacial score (nSPS) is 14.6. The molecule has 16 heavy (non-hydrogen) atoms. The van der Waals surface area contributed by atoms with Crippen LogP contribution in [0.2, 0.25) is 0 Å². The third kappa shape index (κ3) is 2.12. The molecule has 1 heterocycles. The Hall–Kier alpha value is -1.68. The predicted molar refractivity (Wildman–Crippen MR) is 60.9 cm³/mol. The number of ketones is 1. The van der Waals surface area contributed by atoms with Gasteiger partial charge in [0.05, 0.1) is 0 Å². The van der Waals surface area contributed by atoms with Crippen molar-refractivity contribution in [2.24, 2.45) is 0 Å². The zero-order valence-corrected chi connectivity index (χ0v) is 9.41. The zero-order valence-electron chi connectivity index (χ0n) is 9.41. The Bertz CT molecular complexity index is 454. The van der Waals surface area contributed by atoms with Gasteiger partial charge in [0.25, 0.3) is 5.91 Å². The molecule has 0 saturated heterocycles. The van der Waals surface area contributed by atoms with Crippen molar-refractivity contribution in [1.29, 1.82) is 0 Å². The van der Waals surface area contributed by atoms with E-state index in [9.17, 15) is 9.59 Å². The first-order valence-electron chi connectivity index (χ1n) is 5.18. The van der Waals surface area contributed by atoms with E-state index in [0.29, 0.717) is 5.69 Å². The fraction of sp³-hybridized carbons (Fsp3) is 0.333. The van der Waals surface area contributed by atoms with E-state index in [1.807, 2.05) is 25.2 Å². The Morgan fingerprint density at radius 3 is 2.62 bits per heavy atom. The van der Waals surface area contributed by atoms with Crippen molar-refractivity contribution in [3.05, 3.63) is 29.3 Å². The summed E-state index contributed by atoms with van der Waals surface area (Å²) in [6.45, 7) is 3.09. The van der Waals surface area contributed by atoms with Gasteiger partial charge >= 0.3 is 0 Å². The molecule has 0 radical (unpaired) electrons. The minimum absolute atomic E-state index is 0.474. The number of anilines is 1. The summed E-state index contributed by atoms with van der Waals surface area (Å²) >= 11 is 0. The molecule has 0 fully saturated rings. The maximum absolute atomic E-state index is 11.2. The number of nitrogens with zero attached hydrogens (tertiary/aromatic N) is 1. The van der Waals surface area contributed by atoms with Gasteiger partial charge in [-0.1, -0.05) is 6.07 Å². The van der Waals surface area contributed by atoms with Crippen LogP contribution >= 0.6 is 0 Å². The number of amides is 1. The number of benzene rings is 1. The monoisotopic (exact) mass is 218 g/mol. The molecule has 1 aliphatic heterocycles. The number of rotatable bonds is 2. The second-order valence-corrected chi connectivity index (χ2v) is 4.17. The maximum atomic E-state index is 11.2. The highest BCUT2D eigenvalue weighted by molar-refractivity contribution is 6.39. The summed E-state index contributed by atoms with van der Waals surface area (Å²) in [5.41, 5.74) is 3.18. The van der Waals surface area contributed by atoms with Gasteiger partial charge in [-0.25, -0.2) is 0 Å². The second kappa shape index (κ2) is 4.06. The van der Waals surface area contributed by atoms with Crippen molar-refractivity contribution < 1.29 is 9.59 Å². The molecule has 0 atom stereocenters. The molecule has 0 aromatic heterocycles. The van der Waals surface area contributed by atoms with Crippen molar-refractivity contribution in [1.82, 2.24) is 4.90 Å². The Morgan fingerprint density at radius 1 is 1.25 bits per heavy atom. The fourth-order valence-electron chi connectivity index (χ4n) is 1.86. The van der Waals surface area contributed by atoms with Crippen LogP contribution in [0.15, 0.2) is 18.2 Å². The van der Waals surface area contributed by atoms with Gasteiger partial charge in [0.2, 0.25) is 5.78 Å². The number of hydrogen-bond acceptors (Lipinski definition) is 3. The minimum atomic E-state index is -0.564. The number of hydrogen-bond donors (Lipinski definition) is 1. The van der Waals surface area contributed by atoms with Crippen molar-refractivity contribution >= 4 is 17.4 Å². The molecular formula is C12H14N2O2. The molecule has 1 aromatic carbocycles. The number of carbonyl (C=O) groups excluding carboxylic acids is 2. The second-order valence-electron chi connectivity index (χ2n) is 4.17. The van der Waals surface area contributed by atoms with Crippen LogP contribution < -0.4 is 5.32 Å². The molecule has 1 aromatic rings. The third-order valence-electron chi connectivity index (χ3n) is 2.66. The lowest BCUT2D eigenvalue weighted by Gasteiger charge is -2.05. The molecule has 0 saturated carbocycles. The number of Topliss-reactive ketones (excluding diaryl/α,β-unsaturated/α-hetero) is 1. The largest absolute Gasteiger partial charge is 0.319 e. The summed E-state index contributed by atoms with van der Waals surface area (Å²) in [7, 11) is 2.05. The van der Waals surface area contributed by atoms with Gasteiger partial charge < -0.3 is 5.32 Å². The van der Waals surface area contributed by atoms with Gasteiger partial charge in [0, 0.05) is 25.7 Å². The van der Waals surface area contributed by atoms with Crippen molar-refractivity contribution in [2.75, 3.05) is 12.4 Å². The molecule has 1 N–H and O–H groups in total. The topological polar surface area (TPSA) is 49.4 Å². The van der Waals surface area contributed by atoms with E-state index < -0.39 is 11.7 Å². The van der Waals surface area contributed by atoms with E-state index >= 15 is 0 Å². The molecule has 1 aliphatic rings. The first-order valence-corrected chi connectivity index (χ1v) is 5.18. The first kappa shape index (κ1) is 10.8. The van der Waals surface area contributed by atoms with Gasteiger partial charge in [-0.3, -0.25) is 14.5 Å². The highest BCUT2D eigenvalue weighted by Crippen LogP contribution is 2.24. The Labute approximate surface area is 94.2 Å². The number of carbonyl (C=O) groups is 2. The Kier molecular flexibility index (Phi) is 2.75. The van der Waals surface area contributed by atoms with Crippen LogP contribution in [0.3, 0.4) is 0 Å². The molecule has 0 spiro atoms. The predicted octanol–water partition coefficient (Wildman–Crippen LogP) is 1.16. The van der Waals surface area contributed by atoms with Crippen LogP contribution in [0.4, 0.5) is 5.69 Å². The molecule has 4 heteroatoms.